The van der Waals surface area contributed by atoms with Crippen molar-refractivity contribution in [2.24, 2.45) is 0 Å². The lowest BCUT2D eigenvalue weighted by atomic mass is 10.1. The topological polar surface area (TPSA) is 85.9 Å². The first-order valence-electron chi connectivity index (χ1n) is 8.87. The van der Waals surface area contributed by atoms with E-state index in [0.717, 1.165) is 16.2 Å². The number of nitrogens with one attached hydrogen (secondary N) is 2. The summed E-state index contributed by atoms with van der Waals surface area (Å²) < 4.78 is 15.3. The monoisotopic (exact) mass is 414 g/mol. The van der Waals surface area contributed by atoms with E-state index >= 15 is 0 Å². The molecule has 2 aromatic carbocycles. The molecule has 1 aliphatic rings. The smallest absolute Gasteiger partial charge is 0.262 e. The fourth-order valence-electron chi connectivity index (χ4n) is 2.73. The summed E-state index contributed by atoms with van der Waals surface area (Å²) in [4.78, 5) is 26.3. The highest BCUT2D eigenvalue weighted by molar-refractivity contribution is 8.04. The molecule has 2 aromatic rings. The van der Waals surface area contributed by atoms with Crippen LogP contribution >= 0.6 is 11.8 Å². The van der Waals surface area contributed by atoms with Gasteiger partial charge in [-0.25, -0.2) is 0 Å². The van der Waals surface area contributed by atoms with Crippen molar-refractivity contribution in [3.05, 3.63) is 58.5 Å². The molecule has 0 bridgehead atoms. The van der Waals surface area contributed by atoms with E-state index in [9.17, 15) is 9.59 Å². The molecule has 152 valence electrons. The minimum Gasteiger partial charge on any atom is -0.497 e. The molecule has 0 radical (unpaired) electrons. The molecule has 1 heterocycles. The first-order chi connectivity index (χ1) is 14.0. The third kappa shape index (κ3) is 5.17. The SMILES string of the molecule is COc1cccc(C=C2Sc3ccc(C(=O)NCC(OC)OC)cc3NC2=O)c1. The van der Waals surface area contributed by atoms with Gasteiger partial charge in [0.1, 0.15) is 5.75 Å². The van der Waals surface area contributed by atoms with Gasteiger partial charge in [0.25, 0.3) is 11.8 Å². The zero-order valence-corrected chi connectivity index (χ0v) is 17.2. The molecule has 7 nitrogen and oxygen atoms in total. The number of fused-ring (bicyclic) bond motifs is 1. The van der Waals surface area contributed by atoms with Gasteiger partial charge in [-0.2, -0.15) is 0 Å². The van der Waals surface area contributed by atoms with Gasteiger partial charge in [0.15, 0.2) is 6.29 Å². The Kier molecular flexibility index (Phi) is 6.92. The van der Waals surface area contributed by atoms with Crippen LogP contribution in [0.2, 0.25) is 0 Å². The van der Waals surface area contributed by atoms with Crippen molar-refractivity contribution in [3.8, 4) is 5.75 Å². The Morgan fingerprint density at radius 2 is 1.97 bits per heavy atom. The van der Waals surface area contributed by atoms with Gasteiger partial charge in [0.2, 0.25) is 0 Å². The molecular weight excluding hydrogens is 392 g/mol. The average molecular weight is 414 g/mol. The summed E-state index contributed by atoms with van der Waals surface area (Å²) in [5, 5.41) is 5.59. The van der Waals surface area contributed by atoms with E-state index in [2.05, 4.69) is 10.6 Å². The largest absolute Gasteiger partial charge is 0.497 e. The molecule has 0 fully saturated rings. The second-order valence-electron chi connectivity index (χ2n) is 6.16. The van der Waals surface area contributed by atoms with Crippen molar-refractivity contribution in [2.75, 3.05) is 33.2 Å². The van der Waals surface area contributed by atoms with Crippen molar-refractivity contribution in [1.29, 1.82) is 0 Å². The highest BCUT2D eigenvalue weighted by Crippen LogP contribution is 2.39. The van der Waals surface area contributed by atoms with Gasteiger partial charge in [-0.3, -0.25) is 9.59 Å². The lowest BCUT2D eigenvalue weighted by Gasteiger charge is -2.20. The van der Waals surface area contributed by atoms with E-state index in [1.165, 1.54) is 26.0 Å². The zero-order valence-electron chi connectivity index (χ0n) is 16.4. The van der Waals surface area contributed by atoms with Crippen LogP contribution in [-0.4, -0.2) is 46.0 Å². The summed E-state index contributed by atoms with van der Waals surface area (Å²) >= 11 is 1.36. The molecule has 2 amide bonds. The van der Waals surface area contributed by atoms with Gasteiger partial charge < -0.3 is 24.8 Å². The summed E-state index contributed by atoms with van der Waals surface area (Å²) in [6, 6.07) is 12.7. The standard InChI is InChI=1S/C21H22N2O5S/c1-26-15-6-4-5-13(9-15)10-18-21(25)23-16-11-14(7-8-17(16)29-18)20(24)22-12-19(27-2)28-3/h4-11,19H,12H2,1-3H3,(H,22,24)(H,23,25). The number of rotatable bonds is 7. The van der Waals surface area contributed by atoms with Crippen LogP contribution in [0.5, 0.6) is 5.75 Å². The van der Waals surface area contributed by atoms with Gasteiger partial charge in [-0.05, 0) is 42.0 Å². The van der Waals surface area contributed by atoms with Crippen LogP contribution in [0.25, 0.3) is 6.08 Å². The number of anilines is 1. The molecule has 0 aromatic heterocycles. The predicted molar refractivity (Wildman–Crippen MR) is 112 cm³/mol. The quantitative estimate of drug-likeness (QED) is 0.535. The maximum atomic E-state index is 12.5. The number of amides is 2. The van der Waals surface area contributed by atoms with Crippen LogP contribution in [-0.2, 0) is 14.3 Å². The van der Waals surface area contributed by atoms with E-state index in [0.29, 0.717) is 16.2 Å². The maximum Gasteiger partial charge on any atom is 0.262 e. The molecule has 0 atom stereocenters. The van der Waals surface area contributed by atoms with Gasteiger partial charge in [-0.1, -0.05) is 23.9 Å². The first-order valence-corrected chi connectivity index (χ1v) is 9.68. The highest BCUT2D eigenvalue weighted by atomic mass is 32.2. The van der Waals surface area contributed by atoms with E-state index in [1.54, 1.807) is 19.2 Å². The number of benzene rings is 2. The van der Waals surface area contributed by atoms with Crippen molar-refractivity contribution in [2.45, 2.75) is 11.2 Å². The molecule has 29 heavy (non-hydrogen) atoms. The molecule has 1 aliphatic heterocycles. The van der Waals surface area contributed by atoms with Crippen molar-refractivity contribution in [3.63, 3.8) is 0 Å². The predicted octanol–water partition coefficient (Wildman–Crippen LogP) is 3.13. The fourth-order valence-corrected chi connectivity index (χ4v) is 3.66. The Morgan fingerprint density at radius 1 is 1.17 bits per heavy atom. The number of methoxy groups -OCH3 is 3. The molecule has 0 unspecified atom stereocenters. The van der Waals surface area contributed by atoms with Crippen LogP contribution in [0.1, 0.15) is 15.9 Å². The van der Waals surface area contributed by atoms with Crippen LogP contribution in [0.3, 0.4) is 0 Å². The normalized spacial score (nSPS) is 14.5. The number of carbonyl (C=O) groups excluding carboxylic acids is 2. The fraction of sp³-hybridized carbons (Fsp3) is 0.238. The van der Waals surface area contributed by atoms with Crippen LogP contribution in [0.15, 0.2) is 52.3 Å². The summed E-state index contributed by atoms with van der Waals surface area (Å²) in [6.07, 6.45) is 1.29. The third-order valence-corrected chi connectivity index (χ3v) is 5.38. The summed E-state index contributed by atoms with van der Waals surface area (Å²) in [5.74, 6) is 0.228. The Morgan fingerprint density at radius 3 is 2.69 bits per heavy atom. The molecule has 0 saturated heterocycles. The van der Waals surface area contributed by atoms with Crippen molar-refractivity contribution >= 4 is 35.3 Å². The van der Waals surface area contributed by atoms with E-state index in [1.807, 2.05) is 36.4 Å². The highest BCUT2D eigenvalue weighted by Gasteiger charge is 2.22. The summed E-state index contributed by atoms with van der Waals surface area (Å²) in [7, 11) is 4.61. The van der Waals surface area contributed by atoms with Gasteiger partial charge >= 0.3 is 0 Å². The van der Waals surface area contributed by atoms with Crippen LogP contribution in [0, 0.1) is 0 Å². The van der Waals surface area contributed by atoms with Crippen LogP contribution < -0.4 is 15.4 Å². The Bertz CT molecular complexity index is 940. The Labute approximate surface area is 173 Å². The van der Waals surface area contributed by atoms with Crippen molar-refractivity contribution < 1.29 is 23.8 Å². The second kappa shape index (κ2) is 9.60. The molecule has 0 aliphatic carbocycles. The Hall–Kier alpha value is -2.81. The minimum atomic E-state index is -0.517. The number of thioether (sulfide) groups is 1. The number of hydrogen-bond acceptors (Lipinski definition) is 6. The van der Waals surface area contributed by atoms with E-state index < -0.39 is 6.29 Å². The van der Waals surface area contributed by atoms with Gasteiger partial charge in [0, 0.05) is 24.7 Å². The Balaban J connectivity index is 1.75. The first kappa shape index (κ1) is 20.9. The lowest BCUT2D eigenvalue weighted by Crippen LogP contribution is -2.34. The molecule has 0 spiro atoms. The minimum absolute atomic E-state index is 0.220. The lowest BCUT2D eigenvalue weighted by molar-refractivity contribution is -0.112. The third-order valence-electron chi connectivity index (χ3n) is 4.28. The molecule has 2 N–H and O–H groups in total. The zero-order chi connectivity index (χ0) is 20.8. The maximum absolute atomic E-state index is 12.5. The molecule has 3 rings (SSSR count). The molecule has 0 saturated carbocycles. The van der Waals surface area contributed by atoms with Gasteiger partial charge in [0.05, 0.1) is 24.2 Å². The van der Waals surface area contributed by atoms with Crippen LogP contribution in [0.4, 0.5) is 5.69 Å². The van der Waals surface area contributed by atoms with Gasteiger partial charge in [-0.15, -0.1) is 0 Å². The molecule has 8 heteroatoms. The molecular formula is C21H22N2O5S. The summed E-state index contributed by atoms with van der Waals surface area (Å²) in [6.45, 7) is 0.220. The average Bonchev–Trinajstić information content (AvgIpc) is 2.74. The van der Waals surface area contributed by atoms with E-state index in [-0.39, 0.29) is 18.4 Å². The van der Waals surface area contributed by atoms with Crippen molar-refractivity contribution in [1.82, 2.24) is 5.32 Å². The second-order valence-corrected chi connectivity index (χ2v) is 7.25. The number of ether oxygens (including phenoxy) is 3. The van der Waals surface area contributed by atoms with E-state index in [4.69, 9.17) is 14.2 Å². The number of hydrogen-bond donors (Lipinski definition) is 2. The number of carbonyl (C=O) groups is 2. The summed E-state index contributed by atoms with van der Waals surface area (Å²) in [5.41, 5.74) is 1.91.